The number of hydrogen-bond donors (Lipinski definition) is 2. The van der Waals surface area contributed by atoms with Gasteiger partial charge in [0.1, 0.15) is 5.82 Å². The molecule has 0 saturated carbocycles. The van der Waals surface area contributed by atoms with Gasteiger partial charge in [0.05, 0.1) is 6.42 Å². The molecule has 0 aliphatic carbocycles. The summed E-state index contributed by atoms with van der Waals surface area (Å²) in [7, 11) is 0. The summed E-state index contributed by atoms with van der Waals surface area (Å²) in [5.41, 5.74) is 2.24. The van der Waals surface area contributed by atoms with Gasteiger partial charge in [-0.1, -0.05) is 29.8 Å². The van der Waals surface area contributed by atoms with Gasteiger partial charge in [0.2, 0.25) is 5.91 Å². The lowest BCUT2D eigenvalue weighted by atomic mass is 10.1. The number of benzene rings is 1. The average molecular weight is 257 g/mol. The minimum atomic E-state index is 0.0741. The number of aryl methyl sites for hydroxylation is 2. The van der Waals surface area contributed by atoms with E-state index < -0.39 is 0 Å². The van der Waals surface area contributed by atoms with Crippen LogP contribution in [0.4, 0.5) is 0 Å². The van der Waals surface area contributed by atoms with E-state index in [1.54, 1.807) is 6.20 Å². The van der Waals surface area contributed by atoms with E-state index in [0.29, 0.717) is 13.0 Å². The largest absolute Gasteiger partial charge is 0.356 e. The van der Waals surface area contributed by atoms with Gasteiger partial charge in [0, 0.05) is 25.4 Å². The Morgan fingerprint density at radius 2 is 2.32 bits per heavy atom. The predicted molar refractivity (Wildman–Crippen MR) is 74.8 cm³/mol. The molecule has 0 atom stereocenters. The summed E-state index contributed by atoms with van der Waals surface area (Å²) in [5.74, 6) is 1.04. The topological polar surface area (TPSA) is 57.8 Å². The third-order valence-corrected chi connectivity index (χ3v) is 2.91. The first kappa shape index (κ1) is 13.3. The second-order valence-corrected chi connectivity index (χ2v) is 4.66. The molecule has 4 nitrogen and oxygen atoms in total. The van der Waals surface area contributed by atoms with Crippen LogP contribution in [0.15, 0.2) is 36.7 Å². The zero-order valence-electron chi connectivity index (χ0n) is 11.1. The Balaban J connectivity index is 1.67. The fourth-order valence-electron chi connectivity index (χ4n) is 1.99. The van der Waals surface area contributed by atoms with Crippen molar-refractivity contribution in [2.75, 3.05) is 6.54 Å². The molecule has 1 aromatic carbocycles. The SMILES string of the molecule is Cc1cccc(CC(=O)NCCCc2ncc[nH]2)c1. The number of amides is 1. The summed E-state index contributed by atoms with van der Waals surface area (Å²) < 4.78 is 0. The summed E-state index contributed by atoms with van der Waals surface area (Å²) in [5, 5.41) is 2.93. The highest BCUT2D eigenvalue weighted by Gasteiger charge is 2.03. The molecule has 2 rings (SSSR count). The molecule has 0 bridgehead atoms. The van der Waals surface area contributed by atoms with Crippen LogP contribution in [0.1, 0.15) is 23.4 Å². The molecule has 0 fully saturated rings. The van der Waals surface area contributed by atoms with E-state index >= 15 is 0 Å². The molecule has 100 valence electrons. The second-order valence-electron chi connectivity index (χ2n) is 4.66. The van der Waals surface area contributed by atoms with E-state index in [4.69, 9.17) is 0 Å². The Bertz CT molecular complexity index is 520. The van der Waals surface area contributed by atoms with Gasteiger partial charge >= 0.3 is 0 Å². The van der Waals surface area contributed by atoms with Crippen molar-refractivity contribution in [1.29, 1.82) is 0 Å². The maximum atomic E-state index is 11.8. The lowest BCUT2D eigenvalue weighted by Crippen LogP contribution is -2.26. The Hall–Kier alpha value is -2.10. The van der Waals surface area contributed by atoms with Crippen molar-refractivity contribution >= 4 is 5.91 Å². The van der Waals surface area contributed by atoms with Gasteiger partial charge in [-0.25, -0.2) is 4.98 Å². The van der Waals surface area contributed by atoms with E-state index in [1.165, 1.54) is 5.56 Å². The number of imidazole rings is 1. The summed E-state index contributed by atoms with van der Waals surface area (Å²) >= 11 is 0. The van der Waals surface area contributed by atoms with E-state index in [-0.39, 0.29) is 5.91 Å². The first-order chi connectivity index (χ1) is 9.24. The van der Waals surface area contributed by atoms with Crippen molar-refractivity contribution in [2.45, 2.75) is 26.2 Å². The lowest BCUT2D eigenvalue weighted by Gasteiger charge is -2.05. The van der Waals surface area contributed by atoms with Crippen LogP contribution >= 0.6 is 0 Å². The van der Waals surface area contributed by atoms with Crippen LogP contribution in [0.5, 0.6) is 0 Å². The summed E-state index contributed by atoms with van der Waals surface area (Å²) in [4.78, 5) is 18.9. The fourth-order valence-corrected chi connectivity index (χ4v) is 1.99. The van der Waals surface area contributed by atoms with Gasteiger partial charge in [-0.15, -0.1) is 0 Å². The molecule has 4 heteroatoms. The molecule has 1 heterocycles. The Kier molecular flexibility index (Phi) is 4.72. The molecule has 0 spiro atoms. The fraction of sp³-hybridized carbons (Fsp3) is 0.333. The summed E-state index contributed by atoms with van der Waals surface area (Å²) in [6, 6.07) is 8.04. The average Bonchev–Trinajstić information content (AvgIpc) is 2.88. The molecule has 2 N–H and O–H groups in total. The van der Waals surface area contributed by atoms with Crippen LogP contribution in [0.25, 0.3) is 0 Å². The Morgan fingerprint density at radius 3 is 3.05 bits per heavy atom. The van der Waals surface area contributed by atoms with Crippen LogP contribution in [0, 0.1) is 6.92 Å². The van der Waals surface area contributed by atoms with E-state index in [1.807, 2.05) is 37.4 Å². The van der Waals surface area contributed by atoms with Gasteiger partial charge in [-0.05, 0) is 18.9 Å². The maximum absolute atomic E-state index is 11.8. The number of carbonyl (C=O) groups is 1. The lowest BCUT2D eigenvalue weighted by molar-refractivity contribution is -0.120. The minimum absolute atomic E-state index is 0.0741. The highest BCUT2D eigenvalue weighted by molar-refractivity contribution is 5.78. The summed E-state index contributed by atoms with van der Waals surface area (Å²) in [6.07, 6.45) is 5.75. The van der Waals surface area contributed by atoms with Crippen molar-refractivity contribution in [3.63, 3.8) is 0 Å². The number of rotatable bonds is 6. The molecular formula is C15H19N3O. The van der Waals surface area contributed by atoms with Crippen LogP contribution in [-0.2, 0) is 17.6 Å². The van der Waals surface area contributed by atoms with Gasteiger partial charge < -0.3 is 10.3 Å². The number of nitrogens with one attached hydrogen (secondary N) is 2. The number of hydrogen-bond acceptors (Lipinski definition) is 2. The monoisotopic (exact) mass is 257 g/mol. The predicted octanol–water partition coefficient (Wildman–Crippen LogP) is 2.01. The number of H-pyrrole nitrogens is 1. The zero-order chi connectivity index (χ0) is 13.5. The van der Waals surface area contributed by atoms with Gasteiger partial charge in [-0.2, -0.15) is 0 Å². The molecular weight excluding hydrogens is 238 g/mol. The number of aromatic nitrogens is 2. The van der Waals surface area contributed by atoms with Crippen molar-refractivity contribution in [3.05, 3.63) is 53.6 Å². The molecule has 0 saturated heterocycles. The molecule has 0 unspecified atom stereocenters. The quantitative estimate of drug-likeness (QED) is 0.778. The normalized spacial score (nSPS) is 10.4. The third-order valence-electron chi connectivity index (χ3n) is 2.91. The van der Waals surface area contributed by atoms with Crippen LogP contribution in [0.2, 0.25) is 0 Å². The van der Waals surface area contributed by atoms with Gasteiger partial charge in [-0.3, -0.25) is 4.79 Å². The maximum Gasteiger partial charge on any atom is 0.224 e. The molecule has 1 amide bonds. The molecule has 0 aliphatic heterocycles. The minimum Gasteiger partial charge on any atom is -0.356 e. The van der Waals surface area contributed by atoms with E-state index in [0.717, 1.165) is 24.2 Å². The van der Waals surface area contributed by atoms with Crippen molar-refractivity contribution in [3.8, 4) is 0 Å². The standard InChI is InChI=1S/C15H19N3O/c1-12-4-2-5-13(10-12)11-15(19)18-7-3-6-14-16-8-9-17-14/h2,4-5,8-10H,3,6-7,11H2,1H3,(H,16,17)(H,18,19). The molecule has 0 radical (unpaired) electrons. The smallest absolute Gasteiger partial charge is 0.224 e. The number of carbonyl (C=O) groups excluding carboxylic acids is 1. The highest BCUT2D eigenvalue weighted by atomic mass is 16.1. The van der Waals surface area contributed by atoms with Gasteiger partial charge in [0.25, 0.3) is 0 Å². The molecule has 19 heavy (non-hydrogen) atoms. The number of aromatic amines is 1. The van der Waals surface area contributed by atoms with Crippen LogP contribution < -0.4 is 5.32 Å². The second kappa shape index (κ2) is 6.73. The highest BCUT2D eigenvalue weighted by Crippen LogP contribution is 2.04. The molecule has 0 aliphatic rings. The van der Waals surface area contributed by atoms with Crippen molar-refractivity contribution in [2.24, 2.45) is 0 Å². The van der Waals surface area contributed by atoms with E-state index in [9.17, 15) is 4.79 Å². The van der Waals surface area contributed by atoms with Crippen molar-refractivity contribution < 1.29 is 4.79 Å². The first-order valence-corrected chi connectivity index (χ1v) is 6.54. The third kappa shape index (κ3) is 4.58. The van der Waals surface area contributed by atoms with Crippen LogP contribution in [-0.4, -0.2) is 22.4 Å². The van der Waals surface area contributed by atoms with Gasteiger partial charge in [0.15, 0.2) is 0 Å². The van der Waals surface area contributed by atoms with Crippen molar-refractivity contribution in [1.82, 2.24) is 15.3 Å². The van der Waals surface area contributed by atoms with Crippen LogP contribution in [0.3, 0.4) is 0 Å². The Labute approximate surface area is 113 Å². The number of nitrogens with zero attached hydrogens (tertiary/aromatic N) is 1. The Morgan fingerprint density at radius 1 is 1.42 bits per heavy atom. The zero-order valence-corrected chi connectivity index (χ0v) is 11.1. The molecule has 1 aromatic heterocycles. The first-order valence-electron chi connectivity index (χ1n) is 6.54. The summed E-state index contributed by atoms with van der Waals surface area (Å²) in [6.45, 7) is 2.72. The molecule has 2 aromatic rings. The van der Waals surface area contributed by atoms with E-state index in [2.05, 4.69) is 15.3 Å².